The molecule has 1 aromatic heterocycles. The molecule has 2 amide bonds. The summed E-state index contributed by atoms with van der Waals surface area (Å²) in [4.78, 5) is 14.0. The SMILES string of the molecule is Cc1cccc(OCC(C)C)c1-n1nc2c(c1-c1ccc(NC(N)=O)cc1)CN(C(C)(C)c1ccccc1)CC2. The van der Waals surface area contributed by atoms with E-state index in [1.165, 1.54) is 11.1 Å². The Labute approximate surface area is 237 Å². The zero-order valence-corrected chi connectivity index (χ0v) is 24.1. The Bertz CT molecular complexity index is 1490. The van der Waals surface area contributed by atoms with Crippen LogP contribution < -0.4 is 15.8 Å². The molecule has 0 radical (unpaired) electrons. The highest BCUT2D eigenvalue weighted by atomic mass is 16.5. The van der Waals surface area contributed by atoms with Gasteiger partial charge < -0.3 is 15.8 Å². The Balaban J connectivity index is 1.64. The molecule has 0 saturated heterocycles. The number of nitrogens with one attached hydrogen (secondary N) is 1. The third-order valence-corrected chi connectivity index (χ3v) is 7.72. The average molecular weight is 538 g/mol. The number of aromatic nitrogens is 2. The van der Waals surface area contributed by atoms with Crippen molar-refractivity contribution in [3.63, 3.8) is 0 Å². The standard InChI is InChI=1S/C33H39N5O2/c1-22(2)21-40-29-13-9-10-23(3)30(29)38-31(24-14-16-26(17-15-24)35-32(34)39)27-20-37(19-18-28(27)36-38)33(4,5)25-11-7-6-8-12-25/h6-17,22H,18-21H2,1-5H3,(H3,34,35,39). The molecule has 1 aliphatic rings. The second kappa shape index (κ2) is 11.2. The minimum atomic E-state index is -0.583. The molecule has 7 nitrogen and oxygen atoms in total. The predicted octanol–water partition coefficient (Wildman–Crippen LogP) is 6.67. The number of primary amides is 1. The van der Waals surface area contributed by atoms with Crippen molar-refractivity contribution in [1.82, 2.24) is 14.7 Å². The third-order valence-electron chi connectivity index (χ3n) is 7.72. The van der Waals surface area contributed by atoms with Crippen molar-refractivity contribution in [3.8, 4) is 22.7 Å². The summed E-state index contributed by atoms with van der Waals surface area (Å²) in [6, 6.07) is 24.1. The number of nitrogens with zero attached hydrogens (tertiary/aromatic N) is 3. The smallest absolute Gasteiger partial charge is 0.316 e. The van der Waals surface area contributed by atoms with Gasteiger partial charge in [-0.05, 0) is 56.0 Å². The lowest BCUT2D eigenvalue weighted by Crippen LogP contribution is -2.44. The number of nitrogens with two attached hydrogens (primary N) is 1. The maximum absolute atomic E-state index is 11.4. The highest BCUT2D eigenvalue weighted by Crippen LogP contribution is 2.40. The second-order valence-electron chi connectivity index (χ2n) is 11.5. The lowest BCUT2D eigenvalue weighted by molar-refractivity contribution is 0.103. The highest BCUT2D eigenvalue weighted by molar-refractivity contribution is 5.88. The number of benzene rings is 3. The molecule has 2 heterocycles. The average Bonchev–Trinajstić information content (AvgIpc) is 3.30. The maximum Gasteiger partial charge on any atom is 0.316 e. The van der Waals surface area contributed by atoms with Crippen molar-refractivity contribution in [2.45, 2.75) is 53.1 Å². The number of fused-ring (bicyclic) bond motifs is 1. The van der Waals surface area contributed by atoms with Crippen LogP contribution in [0.15, 0.2) is 72.8 Å². The van der Waals surface area contributed by atoms with Gasteiger partial charge in [-0.1, -0.05) is 68.4 Å². The van der Waals surface area contributed by atoms with Crippen molar-refractivity contribution in [3.05, 3.63) is 95.2 Å². The van der Waals surface area contributed by atoms with Gasteiger partial charge in [0.25, 0.3) is 0 Å². The summed E-state index contributed by atoms with van der Waals surface area (Å²) in [6.45, 7) is 13.3. The van der Waals surface area contributed by atoms with E-state index in [1.54, 1.807) is 0 Å². The van der Waals surface area contributed by atoms with Crippen molar-refractivity contribution < 1.29 is 9.53 Å². The number of ether oxygens (including phenoxy) is 1. The first-order chi connectivity index (χ1) is 19.1. The van der Waals surface area contributed by atoms with Gasteiger partial charge in [-0.2, -0.15) is 5.10 Å². The first-order valence-corrected chi connectivity index (χ1v) is 14.0. The van der Waals surface area contributed by atoms with Gasteiger partial charge >= 0.3 is 6.03 Å². The number of amides is 2. The van der Waals surface area contributed by atoms with E-state index in [0.717, 1.165) is 53.5 Å². The fraction of sp³-hybridized carbons (Fsp3) is 0.333. The van der Waals surface area contributed by atoms with Gasteiger partial charge in [-0.15, -0.1) is 0 Å². The second-order valence-corrected chi connectivity index (χ2v) is 11.5. The molecule has 0 atom stereocenters. The molecule has 5 rings (SSSR count). The molecule has 7 heteroatoms. The van der Waals surface area contributed by atoms with Gasteiger partial charge in [0.05, 0.1) is 18.0 Å². The van der Waals surface area contributed by atoms with Gasteiger partial charge in [0, 0.05) is 41.9 Å². The van der Waals surface area contributed by atoms with Crippen LogP contribution in [0.3, 0.4) is 0 Å². The van der Waals surface area contributed by atoms with Crippen LogP contribution in [0.4, 0.5) is 10.5 Å². The first-order valence-electron chi connectivity index (χ1n) is 14.0. The molecular formula is C33H39N5O2. The van der Waals surface area contributed by atoms with Crippen LogP contribution >= 0.6 is 0 Å². The zero-order valence-electron chi connectivity index (χ0n) is 24.1. The fourth-order valence-electron chi connectivity index (χ4n) is 5.47. The molecule has 4 aromatic rings. The van der Waals surface area contributed by atoms with Crippen molar-refractivity contribution in [2.24, 2.45) is 11.7 Å². The Morgan fingerprint density at radius 3 is 2.45 bits per heavy atom. The molecule has 3 aromatic carbocycles. The van der Waals surface area contributed by atoms with Crippen LogP contribution in [0.5, 0.6) is 5.75 Å². The Kier molecular flexibility index (Phi) is 7.68. The largest absolute Gasteiger partial charge is 0.491 e. The molecule has 0 saturated carbocycles. The van der Waals surface area contributed by atoms with Gasteiger partial charge in [0.2, 0.25) is 0 Å². The molecule has 208 valence electrons. The molecule has 0 fully saturated rings. The normalized spacial score (nSPS) is 13.8. The summed E-state index contributed by atoms with van der Waals surface area (Å²) in [6.07, 6.45) is 0.848. The van der Waals surface area contributed by atoms with Crippen LogP contribution in [0, 0.1) is 12.8 Å². The van der Waals surface area contributed by atoms with Crippen molar-refractivity contribution in [1.29, 1.82) is 0 Å². The van der Waals surface area contributed by atoms with Crippen LogP contribution in [0.2, 0.25) is 0 Å². The number of hydrogen-bond donors (Lipinski definition) is 2. The van der Waals surface area contributed by atoms with E-state index in [-0.39, 0.29) is 5.54 Å². The lowest BCUT2D eigenvalue weighted by atomic mass is 9.89. The molecule has 40 heavy (non-hydrogen) atoms. The molecule has 0 aliphatic carbocycles. The number of carbonyl (C=O) groups is 1. The number of rotatable bonds is 8. The summed E-state index contributed by atoms with van der Waals surface area (Å²) in [5.41, 5.74) is 13.6. The van der Waals surface area contributed by atoms with Crippen LogP contribution in [-0.2, 0) is 18.5 Å². The highest BCUT2D eigenvalue weighted by Gasteiger charge is 2.35. The van der Waals surface area contributed by atoms with Gasteiger partial charge in [0.1, 0.15) is 11.4 Å². The zero-order chi connectivity index (χ0) is 28.4. The van der Waals surface area contributed by atoms with Crippen LogP contribution in [0.1, 0.15) is 50.1 Å². The number of anilines is 1. The third kappa shape index (κ3) is 5.47. The summed E-state index contributed by atoms with van der Waals surface area (Å²) < 4.78 is 8.39. The van der Waals surface area contributed by atoms with E-state index < -0.39 is 6.03 Å². The van der Waals surface area contributed by atoms with Crippen LogP contribution in [0.25, 0.3) is 16.9 Å². The maximum atomic E-state index is 11.4. The molecule has 0 bridgehead atoms. The Morgan fingerprint density at radius 1 is 1.05 bits per heavy atom. The van der Waals surface area contributed by atoms with Crippen LogP contribution in [-0.4, -0.2) is 33.9 Å². The van der Waals surface area contributed by atoms with E-state index in [2.05, 4.69) is 85.9 Å². The van der Waals surface area contributed by atoms with Gasteiger partial charge in [-0.3, -0.25) is 4.90 Å². The molecule has 0 unspecified atom stereocenters. The summed E-state index contributed by atoms with van der Waals surface area (Å²) >= 11 is 0. The quantitative estimate of drug-likeness (QED) is 0.263. The topological polar surface area (TPSA) is 85.4 Å². The number of carbonyl (C=O) groups excluding carboxylic acids is 1. The molecular weight excluding hydrogens is 498 g/mol. The number of urea groups is 1. The monoisotopic (exact) mass is 537 g/mol. The van der Waals surface area contributed by atoms with Crippen molar-refractivity contribution >= 4 is 11.7 Å². The Morgan fingerprint density at radius 2 is 1.77 bits per heavy atom. The number of para-hydroxylation sites is 1. The van der Waals surface area contributed by atoms with Crippen molar-refractivity contribution in [2.75, 3.05) is 18.5 Å². The predicted molar refractivity (Wildman–Crippen MR) is 161 cm³/mol. The molecule has 0 spiro atoms. The molecule has 3 N–H and O–H groups in total. The first kappa shape index (κ1) is 27.5. The van der Waals surface area contributed by atoms with E-state index in [4.69, 9.17) is 15.6 Å². The van der Waals surface area contributed by atoms with E-state index in [1.807, 2.05) is 36.4 Å². The molecule has 1 aliphatic heterocycles. The summed E-state index contributed by atoms with van der Waals surface area (Å²) in [5, 5.41) is 7.89. The minimum Gasteiger partial charge on any atom is -0.491 e. The Hall–Kier alpha value is -4.10. The van der Waals surface area contributed by atoms with Gasteiger partial charge in [0.15, 0.2) is 0 Å². The minimum absolute atomic E-state index is 0.151. The summed E-state index contributed by atoms with van der Waals surface area (Å²) in [7, 11) is 0. The van der Waals surface area contributed by atoms with Gasteiger partial charge in [-0.25, -0.2) is 9.48 Å². The fourth-order valence-corrected chi connectivity index (χ4v) is 5.47. The number of hydrogen-bond acceptors (Lipinski definition) is 4. The lowest BCUT2D eigenvalue weighted by Gasteiger charge is -2.41. The van der Waals surface area contributed by atoms with E-state index >= 15 is 0 Å². The summed E-state index contributed by atoms with van der Waals surface area (Å²) in [5.74, 6) is 1.22. The van der Waals surface area contributed by atoms with E-state index in [0.29, 0.717) is 18.2 Å². The van der Waals surface area contributed by atoms with E-state index in [9.17, 15) is 4.79 Å². The number of aryl methyl sites for hydroxylation is 1.